The van der Waals surface area contributed by atoms with Gasteiger partial charge in [-0.1, -0.05) is 5.16 Å². The molecule has 12 heteroatoms. The summed E-state index contributed by atoms with van der Waals surface area (Å²) >= 11 is 0. The average Bonchev–Trinajstić information content (AvgIpc) is 3.34. The minimum absolute atomic E-state index is 0.00639. The van der Waals surface area contributed by atoms with Crippen molar-refractivity contribution in [2.45, 2.75) is 50.2 Å². The fourth-order valence-electron chi connectivity index (χ4n) is 3.78. The van der Waals surface area contributed by atoms with Crippen LogP contribution in [0.1, 0.15) is 42.6 Å². The van der Waals surface area contributed by atoms with Gasteiger partial charge in [-0.15, -0.1) is 0 Å². The van der Waals surface area contributed by atoms with E-state index in [4.69, 9.17) is 4.52 Å². The quantitative estimate of drug-likeness (QED) is 0.614. The van der Waals surface area contributed by atoms with Gasteiger partial charge in [0.15, 0.2) is 0 Å². The number of piperidine rings is 1. The van der Waals surface area contributed by atoms with Crippen molar-refractivity contribution in [1.82, 2.24) is 24.2 Å². The van der Waals surface area contributed by atoms with Gasteiger partial charge in [0.1, 0.15) is 4.90 Å². The molecule has 1 atom stereocenters. The van der Waals surface area contributed by atoms with Crippen molar-refractivity contribution in [2.75, 3.05) is 13.1 Å². The van der Waals surface area contributed by atoms with Gasteiger partial charge in [-0.2, -0.15) is 22.6 Å². The Morgan fingerprint density at radius 3 is 2.77 bits per heavy atom. The van der Waals surface area contributed by atoms with E-state index in [2.05, 4.69) is 15.2 Å². The molecule has 0 aromatic carbocycles. The number of pyridine rings is 1. The lowest BCUT2D eigenvalue weighted by atomic mass is 9.93. The SMILES string of the molecule is CCn1cc(S(=O)(=O)N2CCC[C@H](c3noc4nc(C)cc(C(F)(F)F)c34)C2)cn1. The van der Waals surface area contributed by atoms with Gasteiger partial charge in [-0.05, 0) is 32.8 Å². The molecule has 8 nitrogen and oxygen atoms in total. The van der Waals surface area contributed by atoms with E-state index >= 15 is 0 Å². The normalized spacial score (nSPS) is 18.9. The Morgan fingerprint density at radius 2 is 2.10 bits per heavy atom. The van der Waals surface area contributed by atoms with Crippen molar-refractivity contribution in [3.63, 3.8) is 0 Å². The predicted octanol–water partition coefficient (Wildman–Crippen LogP) is 3.33. The van der Waals surface area contributed by atoms with Crippen LogP contribution in [0.3, 0.4) is 0 Å². The summed E-state index contributed by atoms with van der Waals surface area (Å²) in [4.78, 5) is 4.08. The van der Waals surface area contributed by atoms with Crippen molar-refractivity contribution in [1.29, 1.82) is 0 Å². The van der Waals surface area contributed by atoms with Crippen LogP contribution in [0.15, 0.2) is 27.9 Å². The molecule has 3 aromatic heterocycles. The van der Waals surface area contributed by atoms with Crippen LogP contribution < -0.4 is 0 Å². The molecule has 0 aliphatic carbocycles. The second-order valence-electron chi connectivity index (χ2n) is 7.29. The molecule has 0 bridgehead atoms. The number of hydrogen-bond acceptors (Lipinski definition) is 6. The zero-order valence-electron chi connectivity index (χ0n) is 16.3. The molecule has 0 saturated carbocycles. The van der Waals surface area contributed by atoms with Gasteiger partial charge in [0.2, 0.25) is 10.0 Å². The highest BCUT2D eigenvalue weighted by molar-refractivity contribution is 7.89. The van der Waals surface area contributed by atoms with Crippen molar-refractivity contribution in [2.24, 2.45) is 0 Å². The van der Waals surface area contributed by atoms with E-state index in [1.165, 1.54) is 28.3 Å². The zero-order chi connectivity index (χ0) is 21.7. The summed E-state index contributed by atoms with van der Waals surface area (Å²) in [6.07, 6.45) is -0.906. The highest BCUT2D eigenvalue weighted by Crippen LogP contribution is 2.40. The van der Waals surface area contributed by atoms with E-state index in [0.29, 0.717) is 19.4 Å². The van der Waals surface area contributed by atoms with Crippen molar-refractivity contribution in [3.05, 3.63) is 35.4 Å². The third kappa shape index (κ3) is 3.58. The van der Waals surface area contributed by atoms with Gasteiger partial charge in [-0.25, -0.2) is 13.4 Å². The van der Waals surface area contributed by atoms with E-state index in [-0.39, 0.29) is 40.5 Å². The highest BCUT2D eigenvalue weighted by atomic mass is 32.2. The molecule has 3 aromatic rings. The smallest absolute Gasteiger partial charge is 0.336 e. The lowest BCUT2D eigenvalue weighted by molar-refractivity contribution is -0.136. The van der Waals surface area contributed by atoms with Crippen LogP contribution in [-0.2, 0) is 22.7 Å². The number of hydrogen-bond donors (Lipinski definition) is 0. The summed E-state index contributed by atoms with van der Waals surface area (Å²) in [5, 5.41) is 7.67. The Labute approximate surface area is 170 Å². The van der Waals surface area contributed by atoms with Crippen LogP contribution in [0, 0.1) is 6.92 Å². The van der Waals surface area contributed by atoms with Crippen LogP contribution in [0.2, 0.25) is 0 Å². The maximum atomic E-state index is 13.6. The average molecular weight is 443 g/mol. The van der Waals surface area contributed by atoms with Crippen molar-refractivity contribution < 1.29 is 26.1 Å². The number of halogens is 3. The standard InChI is InChI=1S/C18H20F3N5O3S/c1-3-25-10-13(8-22-25)30(27,28)26-6-4-5-12(9-26)16-15-14(18(19,20)21)7-11(2)23-17(15)29-24-16/h7-8,10,12H,3-6,9H2,1-2H3/t12-/m0/s1. The second-order valence-corrected chi connectivity index (χ2v) is 9.23. The summed E-state index contributed by atoms with van der Waals surface area (Å²) < 4.78 is 74.8. The van der Waals surface area contributed by atoms with Crippen LogP contribution in [0.4, 0.5) is 13.2 Å². The zero-order valence-corrected chi connectivity index (χ0v) is 17.2. The summed E-state index contributed by atoms with van der Waals surface area (Å²) in [6, 6.07) is 0.958. The molecule has 1 aliphatic rings. The Kier molecular flexibility index (Phi) is 5.09. The van der Waals surface area contributed by atoms with E-state index in [1.807, 2.05) is 6.92 Å². The van der Waals surface area contributed by atoms with E-state index in [9.17, 15) is 21.6 Å². The largest absolute Gasteiger partial charge is 0.417 e. The first-order valence-corrected chi connectivity index (χ1v) is 10.9. The van der Waals surface area contributed by atoms with Gasteiger partial charge in [0.25, 0.3) is 5.71 Å². The fourth-order valence-corrected chi connectivity index (χ4v) is 5.26. The third-order valence-corrected chi connectivity index (χ3v) is 7.07. The molecule has 0 N–H and O–H groups in total. The monoisotopic (exact) mass is 443 g/mol. The maximum absolute atomic E-state index is 13.6. The number of nitrogens with zero attached hydrogens (tertiary/aromatic N) is 5. The van der Waals surface area contributed by atoms with Crippen LogP contribution in [0.5, 0.6) is 0 Å². The number of sulfonamides is 1. The van der Waals surface area contributed by atoms with Gasteiger partial charge < -0.3 is 4.52 Å². The van der Waals surface area contributed by atoms with Gasteiger partial charge >= 0.3 is 6.18 Å². The summed E-state index contributed by atoms with van der Waals surface area (Å²) in [5.74, 6) is -0.540. The van der Waals surface area contributed by atoms with E-state index in [1.54, 1.807) is 0 Å². The first-order valence-electron chi connectivity index (χ1n) is 9.48. The Bertz CT molecular complexity index is 1190. The van der Waals surface area contributed by atoms with E-state index < -0.39 is 27.7 Å². The maximum Gasteiger partial charge on any atom is 0.417 e. The Balaban J connectivity index is 1.71. The molecule has 0 spiro atoms. The number of aromatic nitrogens is 4. The number of rotatable bonds is 4. The first-order chi connectivity index (χ1) is 14.1. The molecular weight excluding hydrogens is 423 g/mol. The fraction of sp³-hybridized carbons (Fsp3) is 0.500. The predicted molar refractivity (Wildman–Crippen MR) is 100 cm³/mol. The van der Waals surface area contributed by atoms with Gasteiger partial charge in [0, 0.05) is 37.4 Å². The lowest BCUT2D eigenvalue weighted by Crippen LogP contribution is -2.39. The minimum atomic E-state index is -4.61. The van der Waals surface area contributed by atoms with Gasteiger partial charge in [0.05, 0.1) is 22.8 Å². The number of aryl methyl sites for hydroxylation is 2. The third-order valence-electron chi connectivity index (χ3n) is 5.25. The molecule has 0 unspecified atom stereocenters. The molecular formula is C18H20F3N5O3S. The van der Waals surface area contributed by atoms with E-state index in [0.717, 1.165) is 6.07 Å². The molecule has 0 amide bonds. The molecule has 4 heterocycles. The summed E-state index contributed by atoms with van der Waals surface area (Å²) in [6.45, 7) is 4.09. The Hall–Kier alpha value is -2.47. The van der Waals surface area contributed by atoms with Crippen LogP contribution in [0.25, 0.3) is 11.1 Å². The molecule has 1 aliphatic heterocycles. The molecule has 1 fully saturated rings. The molecule has 30 heavy (non-hydrogen) atoms. The molecule has 162 valence electrons. The molecule has 0 radical (unpaired) electrons. The highest BCUT2D eigenvalue weighted by Gasteiger charge is 2.39. The van der Waals surface area contributed by atoms with Crippen LogP contribution in [-0.4, -0.2) is 45.7 Å². The molecule has 4 rings (SSSR count). The van der Waals surface area contributed by atoms with Crippen molar-refractivity contribution >= 4 is 21.1 Å². The van der Waals surface area contributed by atoms with Crippen molar-refractivity contribution in [3.8, 4) is 0 Å². The molecule has 1 saturated heterocycles. The number of fused-ring (bicyclic) bond motifs is 1. The first kappa shape index (κ1) is 20.8. The summed E-state index contributed by atoms with van der Waals surface area (Å²) in [7, 11) is -3.82. The summed E-state index contributed by atoms with van der Waals surface area (Å²) in [5.41, 5.74) is -0.806. The van der Waals surface area contributed by atoms with Crippen LogP contribution >= 0.6 is 0 Å². The Morgan fingerprint density at radius 1 is 1.33 bits per heavy atom. The lowest BCUT2D eigenvalue weighted by Gasteiger charge is -2.30. The second kappa shape index (κ2) is 7.34. The number of alkyl halides is 3. The van der Waals surface area contributed by atoms with Gasteiger partial charge in [-0.3, -0.25) is 4.68 Å². The topological polar surface area (TPSA) is 94.1 Å². The minimum Gasteiger partial charge on any atom is -0.336 e.